The van der Waals surface area contributed by atoms with E-state index >= 15 is 0 Å². The van der Waals surface area contributed by atoms with Crippen molar-refractivity contribution in [2.24, 2.45) is 0 Å². The van der Waals surface area contributed by atoms with E-state index in [1.165, 1.54) is 6.33 Å². The Bertz CT molecular complexity index is 300. The molecule has 0 N–H and O–H groups in total. The third-order valence-corrected chi connectivity index (χ3v) is 1.03. The van der Waals surface area contributed by atoms with Gasteiger partial charge in [-0.05, 0) is 0 Å². The molecule has 77 valence electrons. The van der Waals surface area contributed by atoms with Crippen LogP contribution in [0.5, 0.6) is 0 Å². The van der Waals surface area contributed by atoms with Crippen molar-refractivity contribution in [3.63, 3.8) is 0 Å². The minimum atomic E-state index is -5.04. The summed E-state index contributed by atoms with van der Waals surface area (Å²) < 4.78 is 70.9. The molecule has 1 aromatic rings. The van der Waals surface area contributed by atoms with Crippen LogP contribution in [0, 0.1) is 6.33 Å². The van der Waals surface area contributed by atoms with Gasteiger partial charge in [-0.1, -0.05) is 0 Å². The van der Waals surface area contributed by atoms with Crippen molar-refractivity contribution in [1.82, 2.24) is 15.0 Å². The zero-order chi connectivity index (χ0) is 11.0. The standard InChI is InChI=1S/C5F6N3/c6-4(7,8)2-12-1-13-3(14-2)5(9,10)11. The maximum Gasteiger partial charge on any atom is 0.451 e. The Morgan fingerprint density at radius 1 is 0.786 bits per heavy atom. The van der Waals surface area contributed by atoms with Crippen molar-refractivity contribution in [3.05, 3.63) is 18.0 Å². The number of alkyl halides is 6. The number of aromatic nitrogens is 3. The summed E-state index contributed by atoms with van der Waals surface area (Å²) in [5, 5.41) is 0. The summed E-state index contributed by atoms with van der Waals surface area (Å²) in [5.41, 5.74) is 0. The smallest absolute Gasteiger partial charge is 0.201 e. The molecule has 9 heteroatoms. The van der Waals surface area contributed by atoms with Gasteiger partial charge in [0.1, 0.15) is 0 Å². The fraction of sp³-hybridized carbons (Fsp3) is 0.400. The molecule has 0 aliphatic rings. The molecule has 0 aromatic carbocycles. The predicted octanol–water partition coefficient (Wildman–Crippen LogP) is 1.71. The van der Waals surface area contributed by atoms with E-state index in [4.69, 9.17) is 0 Å². The number of halogens is 6. The molecule has 3 nitrogen and oxygen atoms in total. The Kier molecular flexibility index (Phi) is 2.34. The first kappa shape index (κ1) is 10.7. The number of hydrogen-bond acceptors (Lipinski definition) is 3. The van der Waals surface area contributed by atoms with E-state index in [0.29, 0.717) is 0 Å². The Morgan fingerprint density at radius 3 is 1.43 bits per heavy atom. The highest BCUT2D eigenvalue weighted by Crippen LogP contribution is 2.29. The van der Waals surface area contributed by atoms with Crippen molar-refractivity contribution < 1.29 is 26.3 Å². The van der Waals surface area contributed by atoms with E-state index < -0.39 is 24.0 Å². The Labute approximate surface area is 72.8 Å². The number of rotatable bonds is 0. The lowest BCUT2D eigenvalue weighted by Gasteiger charge is -2.06. The van der Waals surface area contributed by atoms with Gasteiger partial charge in [0.15, 0.2) is 0 Å². The predicted molar refractivity (Wildman–Crippen MR) is 28.7 cm³/mol. The molecule has 0 saturated heterocycles. The molecule has 1 rings (SSSR count). The van der Waals surface area contributed by atoms with E-state index in [1.807, 2.05) is 0 Å². The first-order chi connectivity index (χ1) is 6.21. The molecule has 0 atom stereocenters. The highest BCUT2D eigenvalue weighted by molar-refractivity contribution is 4.96. The lowest BCUT2D eigenvalue weighted by Crippen LogP contribution is -2.18. The normalized spacial score (nSPS) is 13.0. The lowest BCUT2D eigenvalue weighted by atomic mass is 10.5. The quantitative estimate of drug-likeness (QED) is 0.619. The molecule has 0 aliphatic heterocycles. The second kappa shape index (κ2) is 3.07. The third kappa shape index (κ3) is 2.30. The summed E-state index contributed by atoms with van der Waals surface area (Å²) in [4.78, 5) is 7.12. The lowest BCUT2D eigenvalue weighted by molar-refractivity contribution is -0.155. The molecule has 0 unspecified atom stereocenters. The van der Waals surface area contributed by atoms with Crippen LogP contribution in [-0.2, 0) is 12.4 Å². The molecule has 0 saturated carbocycles. The van der Waals surface area contributed by atoms with Gasteiger partial charge in [-0.15, -0.1) is 0 Å². The van der Waals surface area contributed by atoms with Crippen LogP contribution in [0.3, 0.4) is 0 Å². The summed E-state index contributed by atoms with van der Waals surface area (Å²) >= 11 is 0. The molecule has 0 fully saturated rings. The van der Waals surface area contributed by atoms with Crippen molar-refractivity contribution in [2.45, 2.75) is 12.4 Å². The first-order valence-corrected chi connectivity index (χ1v) is 2.98. The molecule has 0 bridgehead atoms. The van der Waals surface area contributed by atoms with E-state index in [1.54, 1.807) is 0 Å². The topological polar surface area (TPSA) is 38.7 Å². The molecule has 0 spiro atoms. The van der Waals surface area contributed by atoms with Gasteiger partial charge in [0, 0.05) is 0 Å². The molecule has 14 heavy (non-hydrogen) atoms. The Balaban J connectivity index is 3.15. The Morgan fingerprint density at radius 2 is 1.14 bits per heavy atom. The molecular formula is C5F6N3. The summed E-state index contributed by atoms with van der Waals surface area (Å²) in [5.74, 6) is -3.83. The fourth-order valence-electron chi connectivity index (χ4n) is 0.524. The van der Waals surface area contributed by atoms with E-state index in [9.17, 15) is 26.3 Å². The van der Waals surface area contributed by atoms with Crippen LogP contribution in [0.1, 0.15) is 11.6 Å². The number of nitrogens with zero attached hydrogens (tertiary/aromatic N) is 3. The summed E-state index contributed by atoms with van der Waals surface area (Å²) in [6.45, 7) is 0. The van der Waals surface area contributed by atoms with Crippen LogP contribution in [0.15, 0.2) is 0 Å². The first-order valence-electron chi connectivity index (χ1n) is 2.98. The Hall–Kier alpha value is -1.41. The fourth-order valence-corrected chi connectivity index (χ4v) is 0.524. The second-order valence-corrected chi connectivity index (χ2v) is 2.08. The molecule has 0 aliphatic carbocycles. The minimum absolute atomic E-state index is 1.24. The van der Waals surface area contributed by atoms with Crippen molar-refractivity contribution in [2.75, 3.05) is 0 Å². The van der Waals surface area contributed by atoms with Gasteiger partial charge < -0.3 is 0 Å². The molecular weight excluding hydrogens is 216 g/mol. The highest BCUT2D eigenvalue weighted by atomic mass is 19.4. The van der Waals surface area contributed by atoms with Gasteiger partial charge in [0.2, 0.25) is 18.0 Å². The average molecular weight is 216 g/mol. The van der Waals surface area contributed by atoms with Crippen LogP contribution in [-0.4, -0.2) is 15.0 Å². The molecule has 1 aromatic heterocycles. The van der Waals surface area contributed by atoms with Crippen LogP contribution in [0.25, 0.3) is 0 Å². The van der Waals surface area contributed by atoms with Crippen molar-refractivity contribution >= 4 is 0 Å². The van der Waals surface area contributed by atoms with Gasteiger partial charge in [0.25, 0.3) is 0 Å². The summed E-state index contributed by atoms with van der Waals surface area (Å²) in [7, 11) is 0. The van der Waals surface area contributed by atoms with Crippen molar-refractivity contribution in [1.29, 1.82) is 0 Å². The minimum Gasteiger partial charge on any atom is -0.201 e. The maximum atomic E-state index is 11.8. The van der Waals surface area contributed by atoms with E-state index in [-0.39, 0.29) is 0 Å². The zero-order valence-corrected chi connectivity index (χ0v) is 6.11. The monoisotopic (exact) mass is 216 g/mol. The molecule has 1 heterocycles. The maximum absolute atomic E-state index is 11.8. The van der Waals surface area contributed by atoms with Gasteiger partial charge >= 0.3 is 12.4 Å². The largest absolute Gasteiger partial charge is 0.451 e. The van der Waals surface area contributed by atoms with Crippen LogP contribution in [0.4, 0.5) is 26.3 Å². The van der Waals surface area contributed by atoms with Gasteiger partial charge in [-0.2, -0.15) is 26.3 Å². The van der Waals surface area contributed by atoms with Crippen LogP contribution >= 0.6 is 0 Å². The van der Waals surface area contributed by atoms with Gasteiger partial charge in [0.05, 0.1) is 0 Å². The van der Waals surface area contributed by atoms with E-state index in [2.05, 4.69) is 15.0 Å². The van der Waals surface area contributed by atoms with E-state index in [0.717, 1.165) is 0 Å². The highest BCUT2D eigenvalue weighted by Gasteiger charge is 2.40. The number of hydrogen-bond donors (Lipinski definition) is 0. The molecule has 1 radical (unpaired) electrons. The third-order valence-electron chi connectivity index (χ3n) is 1.03. The SMILES string of the molecule is FC(F)(F)c1n[c]nc(C(F)(F)F)n1. The van der Waals surface area contributed by atoms with Crippen LogP contribution in [0.2, 0.25) is 0 Å². The van der Waals surface area contributed by atoms with Crippen molar-refractivity contribution in [3.8, 4) is 0 Å². The molecule has 0 amide bonds. The van der Waals surface area contributed by atoms with Crippen LogP contribution < -0.4 is 0 Å². The summed E-state index contributed by atoms with van der Waals surface area (Å²) in [6.07, 6.45) is -8.84. The van der Waals surface area contributed by atoms with Gasteiger partial charge in [-0.3, -0.25) is 0 Å². The zero-order valence-electron chi connectivity index (χ0n) is 6.11. The summed E-state index contributed by atoms with van der Waals surface area (Å²) in [6, 6.07) is 0. The average Bonchev–Trinajstić information content (AvgIpc) is 2.01. The second-order valence-electron chi connectivity index (χ2n) is 2.08. The van der Waals surface area contributed by atoms with Gasteiger partial charge in [-0.25, -0.2) is 15.0 Å².